The third-order valence-electron chi connectivity index (χ3n) is 2.71. The highest BCUT2D eigenvalue weighted by Crippen LogP contribution is 2.23. The number of rotatable bonds is 3. The molecule has 0 saturated heterocycles. The van der Waals surface area contributed by atoms with Crippen molar-refractivity contribution in [3.05, 3.63) is 65.3 Å². The van der Waals surface area contributed by atoms with Crippen LogP contribution in [0, 0.1) is 0 Å². The zero-order valence-electron chi connectivity index (χ0n) is 10.1. The molecule has 0 aliphatic carbocycles. The summed E-state index contributed by atoms with van der Waals surface area (Å²) in [4.78, 5) is 8.96. The van der Waals surface area contributed by atoms with Crippen LogP contribution in [0.4, 0.5) is 0 Å². The van der Waals surface area contributed by atoms with Gasteiger partial charge in [-0.2, -0.15) is 0 Å². The fourth-order valence-electron chi connectivity index (χ4n) is 1.77. The van der Waals surface area contributed by atoms with Gasteiger partial charge in [-0.05, 0) is 23.8 Å². The Bertz CT molecular complexity index is 701. The van der Waals surface area contributed by atoms with Crippen LogP contribution in [0.25, 0.3) is 11.0 Å². The maximum Gasteiger partial charge on any atom is 0.115 e. The van der Waals surface area contributed by atoms with E-state index in [1.165, 1.54) is 5.56 Å². The number of benzene rings is 2. The molecule has 0 atom stereocenters. The second kappa shape index (κ2) is 5.59. The molecule has 1 aromatic heterocycles. The summed E-state index contributed by atoms with van der Waals surface area (Å²) in [5.41, 5.74) is 2.99. The van der Waals surface area contributed by atoms with Crippen molar-refractivity contribution in [2.45, 2.75) is 10.8 Å². The third-order valence-corrected chi connectivity index (χ3v) is 3.92. The first-order valence-electron chi connectivity index (χ1n) is 5.90. The van der Waals surface area contributed by atoms with Crippen LogP contribution in [0.3, 0.4) is 0 Å². The van der Waals surface area contributed by atoms with Gasteiger partial charge in [0, 0.05) is 10.8 Å². The van der Waals surface area contributed by atoms with Crippen LogP contribution in [0.5, 0.6) is 0 Å². The number of thioether (sulfide) groups is 1. The van der Waals surface area contributed by atoms with Crippen LogP contribution in [0.15, 0.2) is 59.8 Å². The summed E-state index contributed by atoms with van der Waals surface area (Å²) in [6.45, 7) is 0. The summed E-state index contributed by atoms with van der Waals surface area (Å²) in [5, 5.41) is 1.62. The molecule has 3 aromatic rings. The number of nitrogens with zero attached hydrogens (tertiary/aromatic N) is 2. The van der Waals surface area contributed by atoms with Crippen molar-refractivity contribution in [1.82, 2.24) is 9.97 Å². The molecule has 0 aliphatic rings. The molecule has 0 N–H and O–H groups in total. The molecule has 0 bridgehead atoms. The van der Waals surface area contributed by atoms with E-state index in [0.717, 1.165) is 21.8 Å². The summed E-state index contributed by atoms with van der Waals surface area (Å²) in [6.07, 6.45) is 1.80. The highest BCUT2D eigenvalue weighted by atomic mass is 35.5. The Labute approximate surface area is 120 Å². The van der Waals surface area contributed by atoms with Gasteiger partial charge >= 0.3 is 0 Å². The van der Waals surface area contributed by atoms with Crippen LogP contribution in [-0.2, 0) is 5.75 Å². The first-order valence-corrected chi connectivity index (χ1v) is 7.27. The van der Waals surface area contributed by atoms with Gasteiger partial charge in [-0.15, -0.1) is 11.8 Å². The number of halogens is 1. The van der Waals surface area contributed by atoms with E-state index in [4.69, 9.17) is 11.6 Å². The first-order chi connectivity index (χ1) is 9.31. The van der Waals surface area contributed by atoms with Gasteiger partial charge in [-0.1, -0.05) is 41.9 Å². The minimum absolute atomic E-state index is 0.687. The molecule has 2 aromatic carbocycles. The molecule has 19 heavy (non-hydrogen) atoms. The fourth-order valence-corrected chi connectivity index (χ4v) is 2.73. The molecule has 0 fully saturated rings. The molecule has 0 aliphatic heterocycles. The number of fused-ring (bicyclic) bond motifs is 1. The second-order valence-corrected chi connectivity index (χ2v) is 5.55. The highest BCUT2D eigenvalue weighted by molar-refractivity contribution is 7.98. The lowest BCUT2D eigenvalue weighted by atomic mass is 10.2. The normalized spacial score (nSPS) is 10.8. The smallest absolute Gasteiger partial charge is 0.115 e. The average molecular weight is 287 g/mol. The largest absolute Gasteiger partial charge is 0.252 e. The van der Waals surface area contributed by atoms with Crippen LogP contribution < -0.4 is 0 Å². The van der Waals surface area contributed by atoms with E-state index in [9.17, 15) is 0 Å². The molecule has 0 unspecified atom stereocenters. The Morgan fingerprint density at radius 1 is 1.00 bits per heavy atom. The molecule has 1 heterocycles. The molecule has 0 amide bonds. The number of aromatic nitrogens is 2. The van der Waals surface area contributed by atoms with Crippen molar-refractivity contribution in [1.29, 1.82) is 0 Å². The lowest BCUT2D eigenvalue weighted by Crippen LogP contribution is -1.87. The topological polar surface area (TPSA) is 25.8 Å². The second-order valence-electron chi connectivity index (χ2n) is 4.12. The van der Waals surface area contributed by atoms with Gasteiger partial charge in [-0.25, -0.2) is 4.98 Å². The summed E-state index contributed by atoms with van der Waals surface area (Å²) < 4.78 is 0. The van der Waals surface area contributed by atoms with Crippen LogP contribution in [0.1, 0.15) is 5.56 Å². The van der Waals surface area contributed by atoms with Crippen molar-refractivity contribution >= 4 is 34.4 Å². The molecule has 4 heteroatoms. The summed E-state index contributed by atoms with van der Waals surface area (Å²) >= 11 is 7.61. The maximum absolute atomic E-state index is 5.93. The maximum atomic E-state index is 5.93. The van der Waals surface area contributed by atoms with Gasteiger partial charge in [0.05, 0.1) is 17.2 Å². The Morgan fingerprint density at radius 3 is 2.68 bits per heavy atom. The summed E-state index contributed by atoms with van der Waals surface area (Å²) in [6, 6.07) is 15.9. The molecular weight excluding hydrogens is 276 g/mol. The standard InChI is InChI=1S/C15H11ClN2S/c16-12-6-7-13-14(8-12)17-9-15(18-13)19-10-11-4-2-1-3-5-11/h1-9H,10H2. The predicted octanol–water partition coefficient (Wildman–Crippen LogP) is 4.58. The number of hydrogen-bond acceptors (Lipinski definition) is 3. The Kier molecular flexibility index (Phi) is 3.67. The minimum atomic E-state index is 0.687. The van der Waals surface area contributed by atoms with E-state index >= 15 is 0 Å². The monoisotopic (exact) mass is 286 g/mol. The SMILES string of the molecule is Clc1ccc2nc(SCc3ccccc3)cnc2c1. The van der Waals surface area contributed by atoms with Crippen LogP contribution in [-0.4, -0.2) is 9.97 Å². The van der Waals surface area contributed by atoms with Gasteiger partial charge in [0.2, 0.25) is 0 Å². The molecular formula is C15H11ClN2S. The third kappa shape index (κ3) is 3.06. The van der Waals surface area contributed by atoms with E-state index in [0.29, 0.717) is 5.02 Å². The summed E-state index contributed by atoms with van der Waals surface area (Å²) in [7, 11) is 0. The Hall–Kier alpha value is -1.58. The zero-order chi connectivity index (χ0) is 13.1. The lowest BCUT2D eigenvalue weighted by molar-refractivity contribution is 1.12. The van der Waals surface area contributed by atoms with Gasteiger partial charge in [-0.3, -0.25) is 4.98 Å². The van der Waals surface area contributed by atoms with E-state index < -0.39 is 0 Å². The van der Waals surface area contributed by atoms with E-state index in [-0.39, 0.29) is 0 Å². The van der Waals surface area contributed by atoms with Gasteiger partial charge in [0.15, 0.2) is 0 Å². The van der Waals surface area contributed by atoms with Crippen molar-refractivity contribution in [2.75, 3.05) is 0 Å². The quantitative estimate of drug-likeness (QED) is 0.659. The highest BCUT2D eigenvalue weighted by Gasteiger charge is 2.02. The molecule has 0 radical (unpaired) electrons. The van der Waals surface area contributed by atoms with Gasteiger partial charge in [0.25, 0.3) is 0 Å². The lowest BCUT2D eigenvalue weighted by Gasteiger charge is -2.03. The van der Waals surface area contributed by atoms with Gasteiger partial charge in [0.1, 0.15) is 5.03 Å². The molecule has 94 valence electrons. The fraction of sp³-hybridized carbons (Fsp3) is 0.0667. The van der Waals surface area contributed by atoms with Crippen molar-refractivity contribution in [3.8, 4) is 0 Å². The van der Waals surface area contributed by atoms with E-state index in [1.54, 1.807) is 18.0 Å². The van der Waals surface area contributed by atoms with Crippen LogP contribution in [0.2, 0.25) is 5.02 Å². The first kappa shape index (κ1) is 12.5. The van der Waals surface area contributed by atoms with Crippen molar-refractivity contribution in [2.24, 2.45) is 0 Å². The zero-order valence-corrected chi connectivity index (χ0v) is 11.7. The minimum Gasteiger partial charge on any atom is -0.252 e. The van der Waals surface area contributed by atoms with Crippen molar-refractivity contribution in [3.63, 3.8) is 0 Å². The molecule has 0 spiro atoms. The van der Waals surface area contributed by atoms with Gasteiger partial charge < -0.3 is 0 Å². The van der Waals surface area contributed by atoms with Crippen LogP contribution >= 0.6 is 23.4 Å². The predicted molar refractivity (Wildman–Crippen MR) is 80.6 cm³/mol. The van der Waals surface area contributed by atoms with E-state index in [1.807, 2.05) is 36.4 Å². The molecule has 0 saturated carbocycles. The molecule has 3 rings (SSSR count). The molecule has 2 nitrogen and oxygen atoms in total. The Morgan fingerprint density at radius 2 is 1.84 bits per heavy atom. The van der Waals surface area contributed by atoms with Crippen molar-refractivity contribution < 1.29 is 0 Å². The van der Waals surface area contributed by atoms with E-state index in [2.05, 4.69) is 22.1 Å². The average Bonchev–Trinajstić information content (AvgIpc) is 2.46. The number of hydrogen-bond donors (Lipinski definition) is 0. The Balaban J connectivity index is 1.80. The summed E-state index contributed by atoms with van der Waals surface area (Å²) in [5.74, 6) is 0.897.